The Morgan fingerprint density at radius 2 is 1.75 bits per heavy atom. The molecule has 1 heterocycles. The molecule has 0 aromatic rings. The Balaban J connectivity index is 2.30. The van der Waals surface area contributed by atoms with Gasteiger partial charge in [-0.05, 0) is 0 Å². The number of likely N-dealkylation sites (tertiary alicyclic amines) is 1. The summed E-state index contributed by atoms with van der Waals surface area (Å²) in [4.78, 5) is 11.2. The Morgan fingerprint density at radius 1 is 1.25 bits per heavy atom. The molecule has 2 nitrogen and oxygen atoms in total. The first-order valence-corrected chi connectivity index (χ1v) is 3.37. The van der Waals surface area contributed by atoms with Crippen LogP contribution in [-0.2, 0) is 4.79 Å². The van der Waals surface area contributed by atoms with Gasteiger partial charge in [-0.15, -0.1) is 0 Å². The molecule has 0 aliphatic carbocycles. The lowest BCUT2D eigenvalue weighted by Gasteiger charge is -2.38. The Kier molecular flexibility index (Phi) is 2.54. The predicted molar refractivity (Wildman–Crippen MR) is 32.1 cm³/mol. The van der Waals surface area contributed by atoms with E-state index in [0.717, 1.165) is 4.90 Å². The Bertz CT molecular complexity index is 178. The summed E-state index contributed by atoms with van der Waals surface area (Å²) in [5.74, 6) is -2.28. The van der Waals surface area contributed by atoms with Gasteiger partial charge in [-0.25, -0.2) is 8.78 Å². The first-order valence-electron chi connectivity index (χ1n) is 3.37. The molecule has 0 unspecified atom stereocenters. The fraction of sp³-hybridized carbons (Fsp3) is 0.833. The summed E-state index contributed by atoms with van der Waals surface area (Å²) in [6.45, 7) is -0.498. The Morgan fingerprint density at radius 3 is 2.08 bits per heavy atom. The van der Waals surface area contributed by atoms with E-state index in [1.54, 1.807) is 0 Å². The van der Waals surface area contributed by atoms with Crippen molar-refractivity contribution in [3.05, 3.63) is 0 Å². The van der Waals surface area contributed by atoms with E-state index in [4.69, 9.17) is 0 Å². The topological polar surface area (TPSA) is 20.3 Å². The number of hydrogen-bond acceptors (Lipinski definition) is 1. The Hall–Kier alpha value is -0.810. The highest BCUT2D eigenvalue weighted by Gasteiger charge is 2.39. The van der Waals surface area contributed by atoms with Gasteiger partial charge >= 0.3 is 6.43 Å². The maximum Gasteiger partial charge on any atom is 0.315 e. The third-order valence-electron chi connectivity index (χ3n) is 1.76. The normalized spacial score (nSPS) is 18.7. The van der Waals surface area contributed by atoms with Crippen LogP contribution in [0.2, 0.25) is 0 Å². The molecule has 70 valence electrons. The SMILES string of the molecule is O=C(C(F)F)N1CC(C(F)F)C1. The van der Waals surface area contributed by atoms with Crippen molar-refractivity contribution in [3.8, 4) is 0 Å². The largest absolute Gasteiger partial charge is 0.337 e. The van der Waals surface area contributed by atoms with Crippen molar-refractivity contribution in [1.29, 1.82) is 0 Å². The number of amides is 1. The Labute approximate surface area is 66.1 Å². The van der Waals surface area contributed by atoms with Crippen LogP contribution in [0.5, 0.6) is 0 Å². The van der Waals surface area contributed by atoms with Gasteiger partial charge in [0.15, 0.2) is 0 Å². The zero-order valence-electron chi connectivity index (χ0n) is 6.01. The van der Waals surface area contributed by atoms with Crippen molar-refractivity contribution < 1.29 is 22.4 Å². The van der Waals surface area contributed by atoms with Crippen LogP contribution in [0.4, 0.5) is 17.6 Å². The number of halogens is 4. The molecule has 0 spiro atoms. The van der Waals surface area contributed by atoms with E-state index in [2.05, 4.69) is 0 Å². The number of carbonyl (C=O) groups is 1. The summed E-state index contributed by atoms with van der Waals surface area (Å²) in [7, 11) is 0. The number of alkyl halides is 4. The van der Waals surface area contributed by atoms with Gasteiger partial charge in [0.1, 0.15) is 0 Å². The molecule has 0 aromatic heterocycles. The van der Waals surface area contributed by atoms with Gasteiger partial charge in [0.2, 0.25) is 6.43 Å². The third-order valence-corrected chi connectivity index (χ3v) is 1.76. The molecule has 1 aliphatic rings. The second kappa shape index (κ2) is 3.28. The number of nitrogens with zero attached hydrogens (tertiary/aromatic N) is 1. The van der Waals surface area contributed by atoms with Gasteiger partial charge in [-0.2, -0.15) is 8.78 Å². The van der Waals surface area contributed by atoms with Gasteiger partial charge in [0.25, 0.3) is 5.91 Å². The quantitative estimate of drug-likeness (QED) is 0.587. The average Bonchev–Trinajstić information content (AvgIpc) is 1.82. The van der Waals surface area contributed by atoms with Crippen LogP contribution in [0.3, 0.4) is 0 Å². The molecule has 1 amide bonds. The van der Waals surface area contributed by atoms with E-state index in [-0.39, 0.29) is 13.1 Å². The molecular weight excluding hydrogens is 178 g/mol. The van der Waals surface area contributed by atoms with Gasteiger partial charge in [-0.3, -0.25) is 4.79 Å². The fourth-order valence-corrected chi connectivity index (χ4v) is 0.990. The highest BCUT2D eigenvalue weighted by molar-refractivity contribution is 5.80. The summed E-state index contributed by atoms with van der Waals surface area (Å²) in [5, 5.41) is 0. The molecule has 0 N–H and O–H groups in total. The minimum atomic E-state index is -3.08. The van der Waals surface area contributed by atoms with Crippen molar-refractivity contribution in [2.75, 3.05) is 13.1 Å². The van der Waals surface area contributed by atoms with Crippen molar-refractivity contribution in [2.24, 2.45) is 5.92 Å². The summed E-state index contributed by atoms with van der Waals surface area (Å²) in [5.41, 5.74) is 0. The van der Waals surface area contributed by atoms with Crippen molar-refractivity contribution in [3.63, 3.8) is 0 Å². The van der Waals surface area contributed by atoms with Crippen LogP contribution in [0.1, 0.15) is 0 Å². The van der Waals surface area contributed by atoms with E-state index in [9.17, 15) is 22.4 Å². The molecule has 6 heteroatoms. The van der Waals surface area contributed by atoms with E-state index in [0.29, 0.717) is 0 Å². The maximum absolute atomic E-state index is 11.8. The molecule has 0 saturated carbocycles. The molecule has 12 heavy (non-hydrogen) atoms. The molecule has 0 bridgehead atoms. The number of carbonyl (C=O) groups excluding carboxylic acids is 1. The first kappa shape index (κ1) is 9.28. The standard InChI is InChI=1S/C6H7F4NO/c7-4(8)3-1-11(2-3)6(12)5(9)10/h3-5H,1-2H2. The van der Waals surface area contributed by atoms with Crippen LogP contribution >= 0.6 is 0 Å². The fourth-order valence-electron chi connectivity index (χ4n) is 0.990. The van der Waals surface area contributed by atoms with Crippen LogP contribution < -0.4 is 0 Å². The number of hydrogen-bond donors (Lipinski definition) is 0. The molecule has 1 fully saturated rings. The third kappa shape index (κ3) is 1.67. The molecule has 0 atom stereocenters. The van der Waals surface area contributed by atoms with Crippen LogP contribution in [0.15, 0.2) is 0 Å². The van der Waals surface area contributed by atoms with Crippen LogP contribution in [0, 0.1) is 5.92 Å². The van der Waals surface area contributed by atoms with E-state index >= 15 is 0 Å². The van der Waals surface area contributed by atoms with Crippen LogP contribution in [-0.4, -0.2) is 36.7 Å². The summed E-state index contributed by atoms with van der Waals surface area (Å²) < 4.78 is 46.9. The zero-order valence-corrected chi connectivity index (χ0v) is 6.01. The molecular formula is C6H7F4NO. The molecule has 1 saturated heterocycles. The van der Waals surface area contributed by atoms with E-state index in [1.165, 1.54) is 0 Å². The van der Waals surface area contributed by atoms with E-state index in [1.807, 2.05) is 0 Å². The summed E-state index contributed by atoms with van der Waals surface area (Å²) in [6, 6.07) is 0. The van der Waals surface area contributed by atoms with Gasteiger partial charge in [0, 0.05) is 13.1 Å². The van der Waals surface area contributed by atoms with Crippen molar-refractivity contribution in [2.45, 2.75) is 12.9 Å². The molecule has 1 rings (SSSR count). The zero-order chi connectivity index (χ0) is 9.30. The average molecular weight is 185 g/mol. The van der Waals surface area contributed by atoms with Gasteiger partial charge in [-0.1, -0.05) is 0 Å². The lowest BCUT2D eigenvalue weighted by Crippen LogP contribution is -2.54. The van der Waals surface area contributed by atoms with Gasteiger partial charge in [0.05, 0.1) is 5.92 Å². The summed E-state index contributed by atoms with van der Waals surface area (Å²) in [6.07, 6.45) is -5.60. The molecule has 0 aromatic carbocycles. The number of rotatable bonds is 2. The molecule has 1 aliphatic heterocycles. The minimum Gasteiger partial charge on any atom is -0.337 e. The predicted octanol–water partition coefficient (Wildman–Crippen LogP) is 0.975. The van der Waals surface area contributed by atoms with E-state index < -0.39 is 24.7 Å². The highest BCUT2D eigenvalue weighted by Crippen LogP contribution is 2.23. The van der Waals surface area contributed by atoms with Crippen molar-refractivity contribution in [1.82, 2.24) is 4.90 Å². The lowest BCUT2D eigenvalue weighted by atomic mass is 10.0. The summed E-state index contributed by atoms with van der Waals surface area (Å²) >= 11 is 0. The van der Waals surface area contributed by atoms with Crippen molar-refractivity contribution >= 4 is 5.91 Å². The van der Waals surface area contributed by atoms with Gasteiger partial charge < -0.3 is 4.90 Å². The monoisotopic (exact) mass is 185 g/mol. The maximum atomic E-state index is 11.8. The minimum absolute atomic E-state index is 0.249. The second-order valence-corrected chi connectivity index (χ2v) is 2.64. The first-order chi connectivity index (χ1) is 5.52. The van der Waals surface area contributed by atoms with Crippen LogP contribution in [0.25, 0.3) is 0 Å². The smallest absolute Gasteiger partial charge is 0.315 e. The highest BCUT2D eigenvalue weighted by atomic mass is 19.3. The molecule has 0 radical (unpaired) electrons. The second-order valence-electron chi connectivity index (χ2n) is 2.64. The lowest BCUT2D eigenvalue weighted by molar-refractivity contribution is -0.153.